The second-order valence-corrected chi connectivity index (χ2v) is 4.66. The van der Waals surface area contributed by atoms with Crippen LogP contribution in [0.5, 0.6) is 5.75 Å². The minimum Gasteiger partial charge on any atom is -0.478 e. The molecule has 106 valence electrons. The molecule has 0 radical (unpaired) electrons. The molecule has 1 saturated heterocycles. The molecule has 1 aromatic heterocycles. The van der Waals surface area contributed by atoms with E-state index >= 15 is 0 Å². The summed E-state index contributed by atoms with van der Waals surface area (Å²) < 4.78 is 5.68. The lowest BCUT2D eigenvalue weighted by Gasteiger charge is -2.14. The number of pyridine rings is 1. The molecule has 1 unspecified atom stereocenters. The first-order valence-corrected chi connectivity index (χ1v) is 6.27. The highest BCUT2D eigenvalue weighted by Crippen LogP contribution is 2.23. The van der Waals surface area contributed by atoms with E-state index in [9.17, 15) is 9.59 Å². The van der Waals surface area contributed by atoms with Crippen LogP contribution >= 0.6 is 0 Å². The fourth-order valence-corrected chi connectivity index (χ4v) is 1.99. The number of ether oxygens (including phenoxy) is 1. The first-order valence-electron chi connectivity index (χ1n) is 6.27. The van der Waals surface area contributed by atoms with Crippen molar-refractivity contribution in [2.75, 3.05) is 13.6 Å². The van der Waals surface area contributed by atoms with E-state index in [1.807, 2.05) is 0 Å². The molecule has 1 atom stereocenters. The molecule has 6 heteroatoms. The van der Waals surface area contributed by atoms with Crippen LogP contribution in [0, 0.1) is 6.92 Å². The fraction of sp³-hybridized carbons (Fsp3) is 0.357. The van der Waals surface area contributed by atoms with Crippen molar-refractivity contribution in [2.45, 2.75) is 19.4 Å². The molecule has 0 aromatic carbocycles. The highest BCUT2D eigenvalue weighted by atomic mass is 16.5. The van der Waals surface area contributed by atoms with Gasteiger partial charge in [-0.3, -0.25) is 4.79 Å². The Morgan fingerprint density at radius 2 is 2.30 bits per heavy atom. The van der Waals surface area contributed by atoms with Crippen molar-refractivity contribution in [1.29, 1.82) is 0 Å². The smallest absolute Gasteiger partial charge is 0.328 e. The maximum atomic E-state index is 11.8. The molecule has 0 spiro atoms. The summed E-state index contributed by atoms with van der Waals surface area (Å²) in [5.41, 5.74) is 1.16. The number of likely N-dealkylation sites (N-methyl/N-ethyl adjacent to an activating group) is 1. The molecule has 1 amide bonds. The Morgan fingerprint density at radius 3 is 2.90 bits per heavy atom. The number of aryl methyl sites for hydroxylation is 1. The van der Waals surface area contributed by atoms with E-state index < -0.39 is 12.1 Å². The van der Waals surface area contributed by atoms with Gasteiger partial charge in [-0.15, -0.1) is 0 Å². The molecule has 0 saturated carbocycles. The van der Waals surface area contributed by atoms with Crippen LogP contribution in [0.1, 0.15) is 17.8 Å². The molecule has 1 N–H and O–H groups in total. The zero-order valence-electron chi connectivity index (χ0n) is 11.4. The first-order chi connectivity index (χ1) is 9.47. The van der Waals surface area contributed by atoms with Gasteiger partial charge in [-0.1, -0.05) is 0 Å². The molecule has 6 nitrogen and oxygen atoms in total. The number of nitrogens with zero attached hydrogens (tertiary/aromatic N) is 2. The minimum absolute atomic E-state index is 0.0706. The summed E-state index contributed by atoms with van der Waals surface area (Å²) in [6.07, 6.45) is 2.46. The zero-order valence-corrected chi connectivity index (χ0v) is 11.4. The van der Waals surface area contributed by atoms with E-state index in [1.54, 1.807) is 31.0 Å². The number of amides is 1. The van der Waals surface area contributed by atoms with Gasteiger partial charge in [-0.05, 0) is 25.1 Å². The molecule has 0 bridgehead atoms. The molecule has 2 heterocycles. The van der Waals surface area contributed by atoms with Crippen LogP contribution in [0.25, 0.3) is 6.08 Å². The predicted octanol–water partition coefficient (Wildman–Crippen LogP) is 1.10. The molecule has 0 aliphatic carbocycles. The Morgan fingerprint density at radius 1 is 1.55 bits per heavy atom. The van der Waals surface area contributed by atoms with Crippen molar-refractivity contribution < 1.29 is 19.4 Å². The predicted molar refractivity (Wildman–Crippen MR) is 72.3 cm³/mol. The van der Waals surface area contributed by atoms with Crippen molar-refractivity contribution in [3.8, 4) is 5.75 Å². The SMILES string of the molecule is Cc1ccc(OC2CCN(C)C2=O)c(C=CC(=O)O)n1. The number of likely N-dealkylation sites (tertiary alicyclic amines) is 1. The number of aliphatic carboxylic acids is 1. The van der Waals surface area contributed by atoms with Crippen molar-refractivity contribution >= 4 is 18.0 Å². The average Bonchev–Trinajstić information content (AvgIpc) is 2.71. The van der Waals surface area contributed by atoms with Gasteiger partial charge in [0.25, 0.3) is 5.91 Å². The summed E-state index contributed by atoms with van der Waals surface area (Å²) in [6, 6.07) is 3.46. The van der Waals surface area contributed by atoms with Crippen LogP contribution < -0.4 is 4.74 Å². The number of aromatic nitrogens is 1. The second kappa shape index (κ2) is 5.73. The van der Waals surface area contributed by atoms with E-state index in [0.717, 1.165) is 11.8 Å². The second-order valence-electron chi connectivity index (χ2n) is 4.66. The van der Waals surface area contributed by atoms with E-state index in [4.69, 9.17) is 9.84 Å². The van der Waals surface area contributed by atoms with Crippen LogP contribution in [0.2, 0.25) is 0 Å². The Balaban J connectivity index is 2.23. The van der Waals surface area contributed by atoms with Crippen molar-refractivity contribution in [2.24, 2.45) is 0 Å². The lowest BCUT2D eigenvalue weighted by Crippen LogP contribution is -2.29. The molecule has 1 aromatic rings. The quantitative estimate of drug-likeness (QED) is 0.833. The number of carbonyl (C=O) groups excluding carboxylic acids is 1. The van der Waals surface area contributed by atoms with E-state index in [2.05, 4.69) is 4.98 Å². The van der Waals surface area contributed by atoms with Gasteiger partial charge in [-0.25, -0.2) is 9.78 Å². The molecule has 1 aliphatic rings. The lowest BCUT2D eigenvalue weighted by molar-refractivity contribution is -0.132. The number of rotatable bonds is 4. The summed E-state index contributed by atoms with van der Waals surface area (Å²) in [7, 11) is 1.73. The summed E-state index contributed by atoms with van der Waals surface area (Å²) in [6.45, 7) is 2.46. The molecular weight excluding hydrogens is 260 g/mol. The maximum Gasteiger partial charge on any atom is 0.328 e. The maximum absolute atomic E-state index is 11.8. The van der Waals surface area contributed by atoms with Crippen LogP contribution in [0.4, 0.5) is 0 Å². The molecule has 1 aliphatic heterocycles. The van der Waals surface area contributed by atoms with Gasteiger partial charge in [-0.2, -0.15) is 0 Å². The highest BCUT2D eigenvalue weighted by Gasteiger charge is 2.31. The molecule has 20 heavy (non-hydrogen) atoms. The van der Waals surface area contributed by atoms with Crippen molar-refractivity contribution in [1.82, 2.24) is 9.88 Å². The number of carboxylic acids is 1. The number of hydrogen-bond donors (Lipinski definition) is 1. The van der Waals surface area contributed by atoms with Crippen LogP contribution in [0.3, 0.4) is 0 Å². The van der Waals surface area contributed by atoms with Crippen LogP contribution in [0.15, 0.2) is 18.2 Å². The number of hydrogen-bond acceptors (Lipinski definition) is 4. The van der Waals surface area contributed by atoms with Gasteiger partial charge in [0.05, 0.1) is 0 Å². The summed E-state index contributed by atoms with van der Waals surface area (Å²) >= 11 is 0. The van der Waals surface area contributed by atoms with Gasteiger partial charge in [0.2, 0.25) is 0 Å². The van der Waals surface area contributed by atoms with Crippen molar-refractivity contribution in [3.05, 3.63) is 29.6 Å². The molecule has 2 rings (SSSR count). The van der Waals surface area contributed by atoms with E-state index in [0.29, 0.717) is 24.4 Å². The van der Waals surface area contributed by atoms with Gasteiger partial charge >= 0.3 is 5.97 Å². The molecule has 1 fully saturated rings. The highest BCUT2D eigenvalue weighted by molar-refractivity contribution is 5.86. The fourth-order valence-electron chi connectivity index (χ4n) is 1.99. The Kier molecular flexibility index (Phi) is 4.02. The topological polar surface area (TPSA) is 79.7 Å². The number of carboxylic acid groups (broad SMARTS) is 1. The largest absolute Gasteiger partial charge is 0.478 e. The summed E-state index contributed by atoms with van der Waals surface area (Å²) in [4.78, 5) is 28.3. The van der Waals surface area contributed by atoms with Gasteiger partial charge in [0.15, 0.2) is 6.10 Å². The third-order valence-electron chi connectivity index (χ3n) is 3.06. The van der Waals surface area contributed by atoms with Gasteiger partial charge in [0, 0.05) is 31.8 Å². The van der Waals surface area contributed by atoms with E-state index in [-0.39, 0.29) is 5.91 Å². The monoisotopic (exact) mass is 276 g/mol. The first kappa shape index (κ1) is 14.0. The summed E-state index contributed by atoms with van der Waals surface area (Å²) in [5, 5.41) is 8.68. The van der Waals surface area contributed by atoms with Gasteiger partial charge in [0.1, 0.15) is 11.4 Å². The minimum atomic E-state index is -1.06. The Labute approximate surface area is 116 Å². The zero-order chi connectivity index (χ0) is 14.7. The number of carbonyl (C=O) groups is 2. The lowest BCUT2D eigenvalue weighted by atomic mass is 10.2. The van der Waals surface area contributed by atoms with Crippen LogP contribution in [-0.4, -0.2) is 46.6 Å². The molecular formula is C14H16N2O4. The standard InChI is InChI=1S/C14H16N2O4/c1-9-3-5-11(10(15-9)4-6-13(17)18)20-12-7-8-16(2)14(12)19/h3-6,12H,7-8H2,1-2H3,(H,17,18). The van der Waals surface area contributed by atoms with Crippen LogP contribution in [-0.2, 0) is 9.59 Å². The normalized spacial score (nSPS) is 18.8. The average molecular weight is 276 g/mol. The third-order valence-corrected chi connectivity index (χ3v) is 3.06. The Hall–Kier alpha value is -2.37. The Bertz CT molecular complexity index is 568. The van der Waals surface area contributed by atoms with Gasteiger partial charge < -0.3 is 14.7 Å². The summed E-state index contributed by atoms with van der Waals surface area (Å²) in [5.74, 6) is -0.712. The van der Waals surface area contributed by atoms with E-state index in [1.165, 1.54) is 6.08 Å². The van der Waals surface area contributed by atoms with Crippen molar-refractivity contribution in [3.63, 3.8) is 0 Å². The third kappa shape index (κ3) is 3.14.